The molecule has 6 heteroatoms. The number of unbranched alkanes of at least 4 members (excludes halogenated alkanes) is 2. The van der Waals surface area contributed by atoms with Crippen LogP contribution in [-0.4, -0.2) is 27.6 Å². The van der Waals surface area contributed by atoms with Gasteiger partial charge in [-0.1, -0.05) is 48.8 Å². The molecule has 1 rings (SSSR count). The molecule has 0 aromatic heterocycles. The third kappa shape index (κ3) is 9.45. The Bertz CT molecular complexity index is 541. The molecular formula is C16H26N2O3S. The van der Waals surface area contributed by atoms with Gasteiger partial charge >= 0.3 is 0 Å². The molecule has 0 spiro atoms. The molecule has 0 fully saturated rings. The maximum atomic E-state index is 11.1. The highest BCUT2D eigenvalue weighted by atomic mass is 32.2. The molecule has 0 aliphatic rings. The average molecular weight is 326 g/mol. The summed E-state index contributed by atoms with van der Waals surface area (Å²) >= 11 is 0. The zero-order valence-electron chi connectivity index (χ0n) is 13.6. The molecule has 0 unspecified atom stereocenters. The first-order chi connectivity index (χ1) is 10.5. The molecule has 0 atom stereocenters. The van der Waals surface area contributed by atoms with Gasteiger partial charge in [-0.2, -0.15) is 8.42 Å². The summed E-state index contributed by atoms with van der Waals surface area (Å²) in [6.45, 7) is 8.69. The van der Waals surface area contributed by atoms with Gasteiger partial charge in [0.05, 0.1) is 4.90 Å². The fourth-order valence-corrected chi connectivity index (χ4v) is 2.22. The van der Waals surface area contributed by atoms with Gasteiger partial charge in [-0.05, 0) is 45.0 Å². The van der Waals surface area contributed by atoms with Gasteiger partial charge in [0.2, 0.25) is 0 Å². The lowest BCUT2D eigenvalue weighted by Crippen LogP contribution is -2.15. The van der Waals surface area contributed by atoms with Crippen LogP contribution in [-0.2, 0) is 14.8 Å². The van der Waals surface area contributed by atoms with Crippen LogP contribution in [0.15, 0.2) is 33.6 Å². The first-order valence-corrected chi connectivity index (χ1v) is 9.03. The fourth-order valence-electron chi connectivity index (χ4n) is 1.54. The van der Waals surface area contributed by atoms with Crippen LogP contribution in [0.1, 0.15) is 45.1 Å². The van der Waals surface area contributed by atoms with Gasteiger partial charge < -0.3 is 5.32 Å². The lowest BCUT2D eigenvalue weighted by atomic mass is 10.2. The molecule has 124 valence electrons. The molecule has 1 aromatic rings. The van der Waals surface area contributed by atoms with Gasteiger partial charge in [0.25, 0.3) is 16.1 Å². The normalized spacial score (nSPS) is 10.3. The number of isocyanates is 1. The largest absolute Gasteiger partial charge is 0.317 e. The summed E-state index contributed by atoms with van der Waals surface area (Å²) in [6.07, 6.45) is 6.26. The van der Waals surface area contributed by atoms with Crippen molar-refractivity contribution in [2.45, 2.75) is 51.3 Å². The Morgan fingerprint density at radius 2 is 1.55 bits per heavy atom. The fraction of sp³-hybridized carbons (Fsp3) is 0.562. The van der Waals surface area contributed by atoms with Crippen molar-refractivity contribution in [3.05, 3.63) is 29.8 Å². The van der Waals surface area contributed by atoms with Crippen molar-refractivity contribution < 1.29 is 13.2 Å². The van der Waals surface area contributed by atoms with Gasteiger partial charge in [-0.15, -0.1) is 0 Å². The predicted molar refractivity (Wildman–Crippen MR) is 89.2 cm³/mol. The van der Waals surface area contributed by atoms with E-state index in [1.54, 1.807) is 12.1 Å². The van der Waals surface area contributed by atoms with Crippen LogP contribution in [0, 0.1) is 6.92 Å². The summed E-state index contributed by atoms with van der Waals surface area (Å²) < 4.78 is 25.0. The van der Waals surface area contributed by atoms with E-state index in [1.165, 1.54) is 50.9 Å². The van der Waals surface area contributed by atoms with E-state index in [2.05, 4.69) is 23.6 Å². The van der Waals surface area contributed by atoms with Crippen molar-refractivity contribution in [2.24, 2.45) is 4.40 Å². The smallest absolute Gasteiger partial charge is 0.292 e. The molecule has 1 aromatic carbocycles. The standard InChI is InChI=1S/C8H7NO3S.C8H19N/c1-7-2-4-8(5-3-7)13(11,12)9-6-10;1-3-5-7-9-8-6-4-2/h2-5H,1H3;9H,3-8H2,1-2H3. The Labute approximate surface area is 133 Å². The number of nitrogens with zero attached hydrogens (tertiary/aromatic N) is 1. The predicted octanol–water partition coefficient (Wildman–Crippen LogP) is 3.20. The Kier molecular flexibility index (Phi) is 11.3. The number of carbonyl (C=O) groups excluding carboxylic acids is 1. The van der Waals surface area contributed by atoms with E-state index in [0.717, 1.165) is 11.6 Å². The maximum Gasteiger partial charge on any atom is 0.292 e. The minimum Gasteiger partial charge on any atom is -0.317 e. The lowest BCUT2D eigenvalue weighted by molar-refractivity contribution is 0.563. The maximum absolute atomic E-state index is 11.1. The number of nitrogens with one attached hydrogen (secondary N) is 1. The number of hydrogen-bond acceptors (Lipinski definition) is 4. The van der Waals surface area contributed by atoms with Crippen molar-refractivity contribution in [1.82, 2.24) is 5.32 Å². The SMILES string of the molecule is CCCCNCCCC.Cc1ccc(S(=O)(=O)N=C=O)cc1. The summed E-state index contributed by atoms with van der Waals surface area (Å²) in [5, 5.41) is 3.39. The molecule has 1 N–H and O–H groups in total. The van der Waals surface area contributed by atoms with E-state index in [0.29, 0.717) is 0 Å². The molecule has 0 saturated heterocycles. The summed E-state index contributed by atoms with van der Waals surface area (Å²) in [5.74, 6) is 0. The molecule has 22 heavy (non-hydrogen) atoms. The van der Waals surface area contributed by atoms with Gasteiger partial charge in [0.1, 0.15) is 0 Å². The molecule has 0 aliphatic heterocycles. The van der Waals surface area contributed by atoms with E-state index in [4.69, 9.17) is 0 Å². The van der Waals surface area contributed by atoms with Crippen LogP contribution < -0.4 is 5.32 Å². The Hall–Kier alpha value is -1.49. The second-order valence-corrected chi connectivity index (χ2v) is 6.53. The highest BCUT2D eigenvalue weighted by Crippen LogP contribution is 2.11. The van der Waals surface area contributed by atoms with Crippen LogP contribution in [0.3, 0.4) is 0 Å². The van der Waals surface area contributed by atoms with Gasteiger partial charge in [0, 0.05) is 0 Å². The van der Waals surface area contributed by atoms with E-state index in [1.807, 2.05) is 6.92 Å². The molecule has 0 bridgehead atoms. The van der Waals surface area contributed by atoms with E-state index in [-0.39, 0.29) is 4.90 Å². The van der Waals surface area contributed by atoms with Crippen LogP contribution in [0.5, 0.6) is 0 Å². The van der Waals surface area contributed by atoms with Gasteiger partial charge in [0.15, 0.2) is 0 Å². The second kappa shape index (κ2) is 12.1. The average Bonchev–Trinajstić information content (AvgIpc) is 2.48. The molecule has 0 amide bonds. The minimum atomic E-state index is -3.83. The summed E-state index contributed by atoms with van der Waals surface area (Å²) in [4.78, 5) is 9.79. The summed E-state index contributed by atoms with van der Waals surface area (Å²) in [7, 11) is -3.83. The summed E-state index contributed by atoms with van der Waals surface area (Å²) in [5.41, 5.74) is 0.939. The quantitative estimate of drug-likeness (QED) is 0.452. The lowest BCUT2D eigenvalue weighted by Gasteiger charge is -1.99. The number of sulfonamides is 1. The van der Waals surface area contributed by atoms with Gasteiger partial charge in [-0.3, -0.25) is 0 Å². The zero-order valence-corrected chi connectivity index (χ0v) is 14.4. The minimum absolute atomic E-state index is 0.00134. The molecule has 0 saturated carbocycles. The Balaban J connectivity index is 0.000000433. The molecular weight excluding hydrogens is 300 g/mol. The topological polar surface area (TPSA) is 75.6 Å². The first-order valence-electron chi connectivity index (χ1n) is 7.59. The second-order valence-electron chi connectivity index (χ2n) is 4.93. The van der Waals surface area contributed by atoms with E-state index < -0.39 is 10.0 Å². The number of benzene rings is 1. The highest BCUT2D eigenvalue weighted by molar-refractivity contribution is 7.90. The highest BCUT2D eigenvalue weighted by Gasteiger charge is 2.10. The van der Waals surface area contributed by atoms with Crippen LogP contribution in [0.2, 0.25) is 0 Å². The number of rotatable bonds is 8. The van der Waals surface area contributed by atoms with Crippen molar-refractivity contribution >= 4 is 16.1 Å². The third-order valence-electron chi connectivity index (χ3n) is 2.89. The molecule has 5 nitrogen and oxygen atoms in total. The van der Waals surface area contributed by atoms with Gasteiger partial charge in [-0.25, -0.2) is 4.79 Å². The van der Waals surface area contributed by atoms with Crippen molar-refractivity contribution in [3.63, 3.8) is 0 Å². The van der Waals surface area contributed by atoms with E-state index >= 15 is 0 Å². The zero-order chi connectivity index (χ0) is 16.8. The Morgan fingerprint density at radius 3 is 1.95 bits per heavy atom. The molecule has 0 radical (unpaired) electrons. The van der Waals surface area contributed by atoms with E-state index in [9.17, 15) is 13.2 Å². The van der Waals surface area contributed by atoms with Crippen LogP contribution >= 0.6 is 0 Å². The monoisotopic (exact) mass is 326 g/mol. The van der Waals surface area contributed by atoms with Crippen molar-refractivity contribution in [3.8, 4) is 0 Å². The first kappa shape index (κ1) is 20.5. The summed E-state index contributed by atoms with van der Waals surface area (Å²) in [6, 6.07) is 6.05. The van der Waals surface area contributed by atoms with Crippen LogP contribution in [0.4, 0.5) is 0 Å². The third-order valence-corrected chi connectivity index (χ3v) is 4.07. The Morgan fingerprint density at radius 1 is 1.05 bits per heavy atom. The van der Waals surface area contributed by atoms with Crippen molar-refractivity contribution in [1.29, 1.82) is 0 Å². The van der Waals surface area contributed by atoms with Crippen LogP contribution in [0.25, 0.3) is 0 Å². The van der Waals surface area contributed by atoms with Crippen molar-refractivity contribution in [2.75, 3.05) is 13.1 Å². The number of hydrogen-bond donors (Lipinski definition) is 1. The molecule has 0 heterocycles. The molecule has 0 aliphatic carbocycles. The number of aryl methyl sites for hydroxylation is 1.